The van der Waals surface area contributed by atoms with Crippen molar-refractivity contribution in [3.05, 3.63) is 59.2 Å². The van der Waals surface area contributed by atoms with Gasteiger partial charge in [0, 0.05) is 25.5 Å². The fraction of sp³-hybridized carbons (Fsp3) is 0.519. The molecule has 0 bridgehead atoms. The molecule has 3 amide bonds. The molecular formula is C27H34N6O3. The van der Waals surface area contributed by atoms with Gasteiger partial charge in [-0.05, 0) is 38.8 Å². The van der Waals surface area contributed by atoms with Crippen molar-refractivity contribution < 1.29 is 14.4 Å². The Hall–Kier alpha value is -3.67. The molecule has 190 valence electrons. The Labute approximate surface area is 212 Å². The first-order chi connectivity index (χ1) is 17.0. The van der Waals surface area contributed by atoms with Crippen LogP contribution in [0.15, 0.2) is 36.7 Å². The van der Waals surface area contributed by atoms with E-state index in [4.69, 9.17) is 6.57 Å². The number of nitrogens with one attached hydrogen (secondary N) is 1. The summed E-state index contributed by atoms with van der Waals surface area (Å²) < 4.78 is 1.73. The molecule has 36 heavy (non-hydrogen) atoms. The molecular weight excluding hydrogens is 456 g/mol. The third-order valence-electron chi connectivity index (χ3n) is 7.31. The SMILES string of the molecule is [C-]#[N+][C@@H]1C[C@@]2(CN1C(=O)[C@H](CCCC)N(C)C(=O)c1cnn(C(C)(C)C)c1)C(=O)Nc1ccccc12. The lowest BCUT2D eigenvalue weighted by Gasteiger charge is -2.31. The minimum Gasteiger partial charge on any atom is -0.330 e. The van der Waals surface area contributed by atoms with E-state index in [0.717, 1.165) is 24.1 Å². The van der Waals surface area contributed by atoms with Crippen molar-refractivity contribution in [1.82, 2.24) is 19.6 Å². The number of hydrogen-bond donors (Lipinski definition) is 1. The lowest BCUT2D eigenvalue weighted by Crippen LogP contribution is -2.51. The van der Waals surface area contributed by atoms with Crippen LogP contribution in [0.2, 0.25) is 0 Å². The highest BCUT2D eigenvalue weighted by molar-refractivity contribution is 6.07. The quantitative estimate of drug-likeness (QED) is 0.626. The van der Waals surface area contributed by atoms with Gasteiger partial charge in [-0.25, -0.2) is 6.57 Å². The van der Waals surface area contributed by atoms with Gasteiger partial charge in [-0.2, -0.15) is 5.10 Å². The fourth-order valence-electron chi connectivity index (χ4n) is 5.17. The molecule has 1 N–H and O–H groups in total. The summed E-state index contributed by atoms with van der Waals surface area (Å²) in [6.45, 7) is 15.9. The van der Waals surface area contributed by atoms with Gasteiger partial charge < -0.3 is 10.2 Å². The summed E-state index contributed by atoms with van der Waals surface area (Å²) in [5, 5.41) is 7.25. The summed E-state index contributed by atoms with van der Waals surface area (Å²) in [6, 6.07) is 6.71. The van der Waals surface area contributed by atoms with Crippen LogP contribution in [0.3, 0.4) is 0 Å². The van der Waals surface area contributed by atoms with Crippen molar-refractivity contribution in [3.8, 4) is 0 Å². The summed E-state index contributed by atoms with van der Waals surface area (Å²) in [6.07, 6.45) is 4.78. The number of fused-ring (bicyclic) bond motifs is 2. The number of benzene rings is 1. The number of nitrogens with zero attached hydrogens (tertiary/aromatic N) is 5. The first kappa shape index (κ1) is 25.4. The van der Waals surface area contributed by atoms with E-state index in [-0.39, 0.29) is 36.2 Å². The molecule has 1 saturated heterocycles. The van der Waals surface area contributed by atoms with E-state index in [9.17, 15) is 14.4 Å². The maximum absolute atomic E-state index is 14.0. The van der Waals surface area contributed by atoms with E-state index in [0.29, 0.717) is 12.0 Å². The first-order valence-corrected chi connectivity index (χ1v) is 12.4. The smallest absolute Gasteiger partial charge is 0.302 e. The number of anilines is 1. The van der Waals surface area contributed by atoms with Crippen molar-refractivity contribution in [2.45, 2.75) is 76.5 Å². The summed E-state index contributed by atoms with van der Waals surface area (Å²) >= 11 is 0. The molecule has 1 aromatic heterocycles. The molecule has 4 rings (SSSR count). The molecule has 0 aliphatic carbocycles. The molecule has 2 aliphatic heterocycles. The second kappa shape index (κ2) is 9.41. The molecule has 0 saturated carbocycles. The Balaban J connectivity index is 1.62. The number of amides is 3. The lowest BCUT2D eigenvalue weighted by atomic mass is 9.80. The Bertz CT molecular complexity index is 1220. The third-order valence-corrected chi connectivity index (χ3v) is 7.31. The molecule has 9 heteroatoms. The van der Waals surface area contributed by atoms with Crippen molar-refractivity contribution in [2.75, 3.05) is 18.9 Å². The summed E-state index contributed by atoms with van der Waals surface area (Å²) in [7, 11) is 1.63. The molecule has 3 heterocycles. The van der Waals surface area contributed by atoms with E-state index in [1.165, 1.54) is 16.0 Å². The van der Waals surface area contributed by atoms with Gasteiger partial charge in [-0.1, -0.05) is 38.0 Å². The second-order valence-corrected chi connectivity index (χ2v) is 10.8. The van der Waals surface area contributed by atoms with Crippen LogP contribution in [0.25, 0.3) is 4.85 Å². The van der Waals surface area contributed by atoms with Crippen molar-refractivity contribution >= 4 is 23.4 Å². The largest absolute Gasteiger partial charge is 0.330 e. The van der Waals surface area contributed by atoms with Gasteiger partial charge in [-0.3, -0.25) is 28.8 Å². The molecule has 1 aromatic carbocycles. The molecule has 3 atom stereocenters. The fourth-order valence-corrected chi connectivity index (χ4v) is 5.17. The van der Waals surface area contributed by atoms with E-state index in [1.54, 1.807) is 17.9 Å². The zero-order valence-electron chi connectivity index (χ0n) is 21.6. The summed E-state index contributed by atoms with van der Waals surface area (Å²) in [4.78, 5) is 47.2. The van der Waals surface area contributed by atoms with E-state index in [2.05, 4.69) is 15.3 Å². The topological polar surface area (TPSA) is 91.9 Å². The van der Waals surface area contributed by atoms with E-state index >= 15 is 0 Å². The van der Waals surface area contributed by atoms with Crippen LogP contribution in [0.4, 0.5) is 5.69 Å². The summed E-state index contributed by atoms with van der Waals surface area (Å²) in [5.74, 6) is -0.772. The number of likely N-dealkylation sites (N-methyl/N-ethyl adjacent to an activating group) is 1. The number of carbonyl (C=O) groups is 3. The third kappa shape index (κ3) is 4.25. The van der Waals surface area contributed by atoms with Gasteiger partial charge in [0.05, 0.1) is 23.7 Å². The van der Waals surface area contributed by atoms with Gasteiger partial charge in [0.15, 0.2) is 0 Å². The van der Waals surface area contributed by atoms with E-state index in [1.807, 2.05) is 52.0 Å². The molecule has 2 aromatic rings. The Morgan fingerprint density at radius 3 is 2.69 bits per heavy atom. The summed E-state index contributed by atoms with van der Waals surface area (Å²) in [5.41, 5.74) is 0.729. The molecule has 1 spiro atoms. The Morgan fingerprint density at radius 1 is 1.33 bits per heavy atom. The number of unbranched alkanes of at least 4 members (excludes halogenated alkanes) is 1. The first-order valence-electron chi connectivity index (χ1n) is 12.4. The molecule has 1 fully saturated rings. The highest BCUT2D eigenvalue weighted by atomic mass is 16.2. The Kier molecular flexibility index (Phi) is 6.65. The minimum absolute atomic E-state index is 0.119. The number of para-hydroxylation sites is 1. The maximum Gasteiger partial charge on any atom is 0.302 e. The normalized spacial score (nSPS) is 21.7. The highest BCUT2D eigenvalue weighted by Gasteiger charge is 2.59. The highest BCUT2D eigenvalue weighted by Crippen LogP contribution is 2.47. The predicted octanol–water partition coefficient (Wildman–Crippen LogP) is 3.64. The van der Waals surface area contributed by atoms with Gasteiger partial charge in [0.25, 0.3) is 11.8 Å². The average Bonchev–Trinajstić information content (AvgIpc) is 3.56. The van der Waals surface area contributed by atoms with Crippen molar-refractivity contribution in [1.29, 1.82) is 0 Å². The number of aromatic nitrogens is 2. The predicted molar refractivity (Wildman–Crippen MR) is 136 cm³/mol. The lowest BCUT2D eigenvalue weighted by molar-refractivity contribution is -0.136. The van der Waals surface area contributed by atoms with Crippen LogP contribution in [0.5, 0.6) is 0 Å². The van der Waals surface area contributed by atoms with Crippen LogP contribution < -0.4 is 5.32 Å². The van der Waals surface area contributed by atoms with Gasteiger partial charge in [0.1, 0.15) is 11.5 Å². The van der Waals surface area contributed by atoms with Gasteiger partial charge in [0.2, 0.25) is 5.91 Å². The van der Waals surface area contributed by atoms with Crippen LogP contribution in [-0.4, -0.2) is 63.1 Å². The monoisotopic (exact) mass is 490 g/mol. The van der Waals surface area contributed by atoms with Crippen LogP contribution in [0.1, 0.15) is 69.3 Å². The molecule has 0 unspecified atom stereocenters. The van der Waals surface area contributed by atoms with Crippen molar-refractivity contribution in [2.24, 2.45) is 0 Å². The number of likely N-dealkylation sites (tertiary alicyclic amines) is 1. The molecule has 9 nitrogen and oxygen atoms in total. The van der Waals surface area contributed by atoms with Crippen LogP contribution in [-0.2, 0) is 20.5 Å². The second-order valence-electron chi connectivity index (χ2n) is 10.8. The van der Waals surface area contributed by atoms with E-state index < -0.39 is 17.6 Å². The van der Waals surface area contributed by atoms with Gasteiger partial charge >= 0.3 is 6.17 Å². The van der Waals surface area contributed by atoms with Gasteiger partial charge in [-0.15, -0.1) is 0 Å². The number of hydrogen-bond acceptors (Lipinski definition) is 4. The minimum atomic E-state index is -0.951. The maximum atomic E-state index is 14.0. The van der Waals surface area contributed by atoms with Crippen LogP contribution in [0, 0.1) is 6.57 Å². The van der Waals surface area contributed by atoms with Crippen molar-refractivity contribution in [3.63, 3.8) is 0 Å². The van der Waals surface area contributed by atoms with Crippen LogP contribution >= 0.6 is 0 Å². The number of carbonyl (C=O) groups excluding carboxylic acids is 3. The number of rotatable bonds is 6. The zero-order chi connectivity index (χ0) is 26.3. The zero-order valence-corrected chi connectivity index (χ0v) is 21.6. The Morgan fingerprint density at radius 2 is 2.06 bits per heavy atom. The standard InChI is InChI=1S/C27H34N6O3/c1-7-8-13-21(31(6)23(34)18-15-29-33(16-18)26(2,3)4)24(35)32-17-27(14-22(32)28-5)19-11-9-10-12-20(19)30-25(27)36/h9-12,15-16,21-22H,7-8,13-14,17H2,1-4,6H3,(H,30,36)/t21-,22-,27-/m0/s1. The molecule has 2 aliphatic rings. The average molecular weight is 491 g/mol. The molecule has 0 radical (unpaired) electrons.